The molecular formula is C17H13FN2O. The molecule has 0 aliphatic rings. The van der Waals surface area contributed by atoms with Gasteiger partial charge in [-0.05, 0) is 43.3 Å². The zero-order chi connectivity index (χ0) is 14.8. The molecule has 0 radical (unpaired) electrons. The fourth-order valence-electron chi connectivity index (χ4n) is 2.22. The number of carbonyl (C=O) groups is 1. The van der Waals surface area contributed by atoms with E-state index >= 15 is 0 Å². The van der Waals surface area contributed by atoms with E-state index in [1.807, 2.05) is 19.1 Å². The third-order valence-corrected chi connectivity index (χ3v) is 3.24. The number of aromatic nitrogens is 1. The fraction of sp³-hybridized carbons (Fsp3) is 0.0588. The van der Waals surface area contributed by atoms with Gasteiger partial charge in [0.2, 0.25) is 0 Å². The van der Waals surface area contributed by atoms with Crippen molar-refractivity contribution in [3.8, 4) is 0 Å². The van der Waals surface area contributed by atoms with Gasteiger partial charge in [0.05, 0.1) is 11.2 Å². The van der Waals surface area contributed by atoms with Crippen LogP contribution in [0.3, 0.4) is 0 Å². The van der Waals surface area contributed by atoms with E-state index in [-0.39, 0.29) is 11.7 Å². The van der Waals surface area contributed by atoms with Gasteiger partial charge < -0.3 is 5.32 Å². The van der Waals surface area contributed by atoms with Crippen molar-refractivity contribution in [2.24, 2.45) is 0 Å². The molecule has 0 atom stereocenters. The molecule has 1 heterocycles. The molecule has 3 aromatic rings. The summed E-state index contributed by atoms with van der Waals surface area (Å²) >= 11 is 0. The van der Waals surface area contributed by atoms with E-state index in [1.165, 1.54) is 12.1 Å². The third kappa shape index (κ3) is 2.60. The van der Waals surface area contributed by atoms with Crippen LogP contribution in [0, 0.1) is 12.7 Å². The lowest BCUT2D eigenvalue weighted by molar-refractivity contribution is 0.102. The molecule has 0 unspecified atom stereocenters. The molecule has 0 spiro atoms. The fourth-order valence-corrected chi connectivity index (χ4v) is 2.22. The zero-order valence-electron chi connectivity index (χ0n) is 11.4. The number of pyridine rings is 1. The summed E-state index contributed by atoms with van der Waals surface area (Å²) in [5.74, 6) is -0.594. The first-order valence-corrected chi connectivity index (χ1v) is 6.56. The van der Waals surface area contributed by atoms with Crippen LogP contribution >= 0.6 is 0 Å². The number of amides is 1. The van der Waals surface area contributed by atoms with E-state index in [1.54, 1.807) is 30.5 Å². The number of nitrogens with one attached hydrogen (secondary N) is 1. The minimum atomic E-state index is -0.355. The van der Waals surface area contributed by atoms with E-state index in [0.717, 1.165) is 5.56 Å². The van der Waals surface area contributed by atoms with Gasteiger partial charge >= 0.3 is 0 Å². The Balaban J connectivity index is 1.99. The normalized spacial score (nSPS) is 10.6. The Morgan fingerprint density at radius 1 is 1.14 bits per heavy atom. The second kappa shape index (κ2) is 5.32. The quantitative estimate of drug-likeness (QED) is 0.772. The lowest BCUT2D eigenvalue weighted by Gasteiger charge is -2.09. The van der Waals surface area contributed by atoms with Crippen LogP contribution in [0.5, 0.6) is 0 Å². The molecule has 3 nitrogen and oxygen atoms in total. The lowest BCUT2D eigenvalue weighted by Crippen LogP contribution is -2.12. The highest BCUT2D eigenvalue weighted by Gasteiger charge is 2.11. The Hall–Kier alpha value is -2.75. The van der Waals surface area contributed by atoms with E-state index in [9.17, 15) is 9.18 Å². The number of hydrogen-bond donors (Lipinski definition) is 1. The number of carbonyl (C=O) groups excluding carboxylic acids is 1. The molecule has 0 saturated carbocycles. The Morgan fingerprint density at radius 3 is 2.81 bits per heavy atom. The molecule has 0 fully saturated rings. The van der Waals surface area contributed by atoms with Crippen molar-refractivity contribution >= 4 is 22.5 Å². The minimum absolute atomic E-state index is 0.239. The van der Waals surface area contributed by atoms with Crippen molar-refractivity contribution in [2.45, 2.75) is 6.92 Å². The highest BCUT2D eigenvalue weighted by atomic mass is 19.1. The number of anilines is 1. The number of halogens is 1. The molecular weight excluding hydrogens is 267 g/mol. The number of rotatable bonds is 2. The standard InChI is InChI=1S/C17H13FN2O/c1-11-4-2-5-12(10-11)17(21)20-15-8-7-14(18)13-6-3-9-19-16(13)15/h2-10H,1H3,(H,20,21). The molecule has 0 aliphatic carbocycles. The average molecular weight is 280 g/mol. The van der Waals surface area contributed by atoms with Gasteiger partial charge in [0.15, 0.2) is 0 Å². The molecule has 104 valence electrons. The van der Waals surface area contributed by atoms with Gasteiger partial charge in [-0.25, -0.2) is 4.39 Å². The summed E-state index contributed by atoms with van der Waals surface area (Å²) in [5, 5.41) is 3.18. The molecule has 4 heteroatoms. The summed E-state index contributed by atoms with van der Waals surface area (Å²) in [4.78, 5) is 16.4. The largest absolute Gasteiger partial charge is 0.320 e. The summed E-state index contributed by atoms with van der Waals surface area (Å²) in [7, 11) is 0. The third-order valence-electron chi connectivity index (χ3n) is 3.24. The van der Waals surface area contributed by atoms with Gasteiger partial charge in [0, 0.05) is 17.1 Å². The first-order chi connectivity index (χ1) is 10.1. The monoisotopic (exact) mass is 280 g/mol. The van der Waals surface area contributed by atoms with Crippen molar-refractivity contribution in [1.29, 1.82) is 0 Å². The first-order valence-electron chi connectivity index (χ1n) is 6.56. The van der Waals surface area contributed by atoms with Crippen molar-refractivity contribution < 1.29 is 9.18 Å². The van der Waals surface area contributed by atoms with Gasteiger partial charge in [0.25, 0.3) is 5.91 Å². The zero-order valence-corrected chi connectivity index (χ0v) is 11.4. The number of nitrogens with zero attached hydrogens (tertiary/aromatic N) is 1. The van der Waals surface area contributed by atoms with Crippen LogP contribution < -0.4 is 5.32 Å². The summed E-state index contributed by atoms with van der Waals surface area (Å²) in [5.41, 5.74) is 2.50. The average Bonchev–Trinajstić information content (AvgIpc) is 2.50. The molecule has 3 rings (SSSR count). The molecule has 0 saturated heterocycles. The van der Waals surface area contributed by atoms with Crippen molar-refractivity contribution in [3.05, 3.63) is 71.7 Å². The molecule has 2 aromatic carbocycles. The first kappa shape index (κ1) is 13.2. The van der Waals surface area contributed by atoms with Gasteiger partial charge in [-0.2, -0.15) is 0 Å². The maximum Gasteiger partial charge on any atom is 0.255 e. The van der Waals surface area contributed by atoms with Gasteiger partial charge in [-0.1, -0.05) is 17.7 Å². The molecule has 1 N–H and O–H groups in total. The smallest absolute Gasteiger partial charge is 0.255 e. The predicted octanol–water partition coefficient (Wildman–Crippen LogP) is 3.93. The summed E-state index contributed by atoms with van der Waals surface area (Å²) in [6.45, 7) is 1.92. The SMILES string of the molecule is Cc1cccc(C(=O)Nc2ccc(F)c3cccnc23)c1. The topological polar surface area (TPSA) is 42.0 Å². The second-order valence-electron chi connectivity index (χ2n) is 4.82. The van der Waals surface area contributed by atoms with Gasteiger partial charge in [-0.15, -0.1) is 0 Å². The van der Waals surface area contributed by atoms with Crippen LogP contribution in [0.2, 0.25) is 0 Å². The predicted molar refractivity (Wildman–Crippen MR) is 80.8 cm³/mol. The Bertz CT molecular complexity index is 830. The van der Waals surface area contributed by atoms with Crippen LogP contribution in [0.25, 0.3) is 10.9 Å². The maximum absolute atomic E-state index is 13.7. The Morgan fingerprint density at radius 2 is 2.00 bits per heavy atom. The summed E-state index contributed by atoms with van der Waals surface area (Å²) < 4.78 is 13.7. The Kier molecular flexibility index (Phi) is 3.36. The summed E-state index contributed by atoms with van der Waals surface area (Å²) in [6, 6.07) is 13.4. The van der Waals surface area contributed by atoms with Crippen LogP contribution in [-0.4, -0.2) is 10.9 Å². The number of fused-ring (bicyclic) bond motifs is 1. The van der Waals surface area contributed by atoms with Crippen LogP contribution in [0.15, 0.2) is 54.7 Å². The number of hydrogen-bond acceptors (Lipinski definition) is 2. The molecule has 21 heavy (non-hydrogen) atoms. The number of benzene rings is 2. The van der Waals surface area contributed by atoms with E-state index < -0.39 is 0 Å². The van der Waals surface area contributed by atoms with E-state index in [0.29, 0.717) is 22.2 Å². The van der Waals surface area contributed by atoms with E-state index in [2.05, 4.69) is 10.3 Å². The molecule has 0 bridgehead atoms. The van der Waals surface area contributed by atoms with Crippen LogP contribution in [0.1, 0.15) is 15.9 Å². The highest BCUT2D eigenvalue weighted by Crippen LogP contribution is 2.24. The molecule has 1 aromatic heterocycles. The second-order valence-corrected chi connectivity index (χ2v) is 4.82. The highest BCUT2D eigenvalue weighted by molar-refractivity contribution is 6.08. The van der Waals surface area contributed by atoms with Crippen molar-refractivity contribution in [1.82, 2.24) is 4.98 Å². The molecule has 1 amide bonds. The van der Waals surface area contributed by atoms with Gasteiger partial charge in [0.1, 0.15) is 5.82 Å². The van der Waals surface area contributed by atoms with Crippen LogP contribution in [-0.2, 0) is 0 Å². The van der Waals surface area contributed by atoms with E-state index in [4.69, 9.17) is 0 Å². The van der Waals surface area contributed by atoms with Crippen LogP contribution in [0.4, 0.5) is 10.1 Å². The Labute approximate surface area is 121 Å². The number of aryl methyl sites for hydroxylation is 1. The summed E-state index contributed by atoms with van der Waals surface area (Å²) in [6.07, 6.45) is 1.57. The minimum Gasteiger partial charge on any atom is -0.320 e. The van der Waals surface area contributed by atoms with Gasteiger partial charge in [-0.3, -0.25) is 9.78 Å². The maximum atomic E-state index is 13.7. The van der Waals surface area contributed by atoms with Crippen molar-refractivity contribution in [3.63, 3.8) is 0 Å². The van der Waals surface area contributed by atoms with Crippen molar-refractivity contribution in [2.75, 3.05) is 5.32 Å². The molecule has 0 aliphatic heterocycles. The lowest BCUT2D eigenvalue weighted by atomic mass is 10.1.